The highest BCUT2D eigenvalue weighted by molar-refractivity contribution is 8.00. The van der Waals surface area contributed by atoms with Gasteiger partial charge in [0.2, 0.25) is 11.8 Å². The fraction of sp³-hybridized carbons (Fsp3) is 0.275. The van der Waals surface area contributed by atoms with Crippen LogP contribution in [0.4, 0.5) is 11.4 Å². The van der Waals surface area contributed by atoms with Crippen LogP contribution in [0.5, 0.6) is 5.75 Å². The Labute approximate surface area is 306 Å². The minimum atomic E-state index is -0.456. The van der Waals surface area contributed by atoms with E-state index in [1.165, 1.54) is 16.2 Å². The molecule has 7 atom stereocenters. The monoisotopic (exact) mass is 731 g/mol. The van der Waals surface area contributed by atoms with Gasteiger partial charge >= 0.3 is 10.8 Å². The van der Waals surface area contributed by atoms with E-state index in [0.717, 1.165) is 32.7 Å². The first-order valence-corrected chi connectivity index (χ1v) is 19.0. The van der Waals surface area contributed by atoms with Crippen molar-refractivity contribution >= 4 is 68.9 Å². The lowest BCUT2D eigenvalue weighted by molar-refractivity contribution is -0.123. The molecule has 9 rings (SSSR count). The summed E-state index contributed by atoms with van der Waals surface area (Å²) in [6.45, 7) is 1.83. The average Bonchev–Trinajstić information content (AvgIpc) is 3.90. The number of carbonyl (C=O) groups excluding carboxylic acids is 4. The second-order valence-electron chi connectivity index (χ2n) is 13.7. The standard InChI is InChI=1S/C40H33N3O7S2/c1-2-49-39(47)22-8-13-25(14-9-22)43-37(45)32-27-18-28(33(32)38(43)46)34-31(27)30(35-36(51-34)42-40(48)52-35)21-10-15-26(16-11-21)50-19-29(44)41-24-12-7-20-5-3-4-6-23(20)17-24/h3-17,27-28,30-34H,2,18-19H2,1H3,(H,41,44)(H,42,48)/t27-,28-,30-,31?,32?,33?,34?/m1/s1. The van der Waals surface area contributed by atoms with E-state index in [0.29, 0.717) is 22.7 Å². The van der Waals surface area contributed by atoms with E-state index in [-0.39, 0.29) is 64.7 Å². The van der Waals surface area contributed by atoms with Crippen molar-refractivity contribution in [2.75, 3.05) is 23.4 Å². The molecule has 1 aromatic heterocycles. The van der Waals surface area contributed by atoms with E-state index in [9.17, 15) is 24.0 Å². The van der Waals surface area contributed by atoms with Crippen LogP contribution in [-0.2, 0) is 19.1 Å². The van der Waals surface area contributed by atoms with Crippen LogP contribution in [0.15, 0.2) is 101 Å². The van der Waals surface area contributed by atoms with Crippen molar-refractivity contribution in [2.45, 2.75) is 29.5 Å². The van der Waals surface area contributed by atoms with Crippen molar-refractivity contribution in [3.8, 4) is 5.75 Å². The molecule has 10 nitrogen and oxygen atoms in total. The number of thioether (sulfide) groups is 1. The lowest BCUT2D eigenvalue weighted by atomic mass is 9.68. The average molecular weight is 732 g/mol. The maximum atomic E-state index is 14.1. The van der Waals surface area contributed by atoms with Crippen LogP contribution in [0.25, 0.3) is 10.8 Å². The molecule has 1 saturated heterocycles. The summed E-state index contributed by atoms with van der Waals surface area (Å²) >= 11 is 2.84. The highest BCUT2D eigenvalue weighted by atomic mass is 32.2. The number of nitrogens with one attached hydrogen (secondary N) is 2. The Kier molecular flexibility index (Phi) is 8.04. The van der Waals surface area contributed by atoms with Crippen molar-refractivity contribution in [3.05, 3.63) is 117 Å². The molecular weight excluding hydrogens is 699 g/mol. The normalized spacial score (nSPS) is 25.5. The predicted octanol–water partition coefficient (Wildman–Crippen LogP) is 6.46. The molecule has 0 spiro atoms. The third-order valence-electron chi connectivity index (χ3n) is 11.0. The SMILES string of the molecule is CCOC(=O)c1ccc(N2C(=O)C3C(C2=O)[C@@H]2C[C@H]3C3Sc4[nH]c(=O)sc4[C@H](c4ccc(OCC(=O)Nc5ccc6ccccc6c5)cc4)C32)cc1. The summed E-state index contributed by atoms with van der Waals surface area (Å²) in [4.78, 5) is 70.9. The number of rotatable bonds is 8. The fourth-order valence-electron chi connectivity index (χ4n) is 8.99. The molecule has 0 radical (unpaired) electrons. The zero-order chi connectivity index (χ0) is 35.7. The molecule has 4 aromatic carbocycles. The number of esters is 1. The molecule has 2 aliphatic carbocycles. The summed E-state index contributed by atoms with van der Waals surface area (Å²) in [7, 11) is 0. The number of H-pyrrole nitrogens is 1. The third-order valence-corrected chi connectivity index (χ3v) is 13.6. The first-order valence-electron chi connectivity index (χ1n) is 17.3. The molecule has 262 valence electrons. The minimum Gasteiger partial charge on any atom is -0.484 e. The van der Waals surface area contributed by atoms with E-state index in [4.69, 9.17) is 9.47 Å². The lowest BCUT2D eigenvalue weighted by Gasteiger charge is -2.43. The van der Waals surface area contributed by atoms with Gasteiger partial charge < -0.3 is 19.8 Å². The second kappa shape index (κ2) is 12.8. The largest absolute Gasteiger partial charge is 0.484 e. The molecule has 3 fully saturated rings. The number of fused-ring (bicyclic) bond motifs is 10. The number of anilines is 2. The van der Waals surface area contributed by atoms with Gasteiger partial charge in [-0.15, -0.1) is 11.8 Å². The molecule has 2 bridgehead atoms. The summed E-state index contributed by atoms with van der Waals surface area (Å²) in [5, 5.41) is 5.90. The van der Waals surface area contributed by atoms with Crippen LogP contribution in [0.1, 0.15) is 40.1 Å². The molecule has 2 saturated carbocycles. The van der Waals surface area contributed by atoms with Gasteiger partial charge in [-0.1, -0.05) is 53.8 Å². The molecule has 52 heavy (non-hydrogen) atoms. The van der Waals surface area contributed by atoms with Gasteiger partial charge in [0.15, 0.2) is 6.61 Å². The number of nitrogens with zero attached hydrogens (tertiary/aromatic N) is 1. The van der Waals surface area contributed by atoms with Crippen molar-refractivity contribution in [1.29, 1.82) is 0 Å². The van der Waals surface area contributed by atoms with Gasteiger partial charge in [-0.05, 0) is 96.0 Å². The quantitative estimate of drug-likeness (QED) is 0.137. The zero-order valence-corrected chi connectivity index (χ0v) is 29.6. The second-order valence-corrected chi connectivity index (χ2v) is 15.9. The molecule has 4 aliphatic rings. The number of thiazole rings is 1. The van der Waals surface area contributed by atoms with Crippen LogP contribution in [-0.4, -0.2) is 47.1 Å². The molecule has 4 unspecified atom stereocenters. The topological polar surface area (TPSA) is 135 Å². The summed E-state index contributed by atoms with van der Waals surface area (Å²) < 4.78 is 11.0. The fourth-order valence-corrected chi connectivity index (χ4v) is 11.9. The van der Waals surface area contributed by atoms with Gasteiger partial charge in [-0.25, -0.2) is 4.79 Å². The van der Waals surface area contributed by atoms with Gasteiger partial charge in [0.05, 0.1) is 34.7 Å². The van der Waals surface area contributed by atoms with Crippen molar-refractivity contribution in [3.63, 3.8) is 0 Å². The van der Waals surface area contributed by atoms with Crippen molar-refractivity contribution in [1.82, 2.24) is 4.98 Å². The third kappa shape index (κ3) is 5.35. The summed E-state index contributed by atoms with van der Waals surface area (Å²) in [5.41, 5.74) is 2.50. The van der Waals surface area contributed by atoms with Crippen LogP contribution in [0.3, 0.4) is 0 Å². The Balaban J connectivity index is 0.940. The van der Waals surface area contributed by atoms with Gasteiger partial charge in [0, 0.05) is 21.7 Å². The Bertz CT molecular complexity index is 2320. The van der Waals surface area contributed by atoms with E-state index in [1.54, 1.807) is 43.0 Å². The molecule has 12 heteroatoms. The van der Waals surface area contributed by atoms with E-state index in [2.05, 4.69) is 10.3 Å². The molecule has 3 amide bonds. The number of aromatic nitrogens is 1. The van der Waals surface area contributed by atoms with Crippen LogP contribution >= 0.6 is 23.1 Å². The van der Waals surface area contributed by atoms with E-state index < -0.39 is 17.8 Å². The van der Waals surface area contributed by atoms with Gasteiger partial charge in [-0.3, -0.25) is 24.1 Å². The molecule has 2 N–H and O–H groups in total. The van der Waals surface area contributed by atoms with Gasteiger partial charge in [-0.2, -0.15) is 0 Å². The zero-order valence-electron chi connectivity index (χ0n) is 27.9. The molecular formula is C40H33N3O7S2. The summed E-state index contributed by atoms with van der Waals surface area (Å²) in [5.74, 6) is -1.64. The first kappa shape index (κ1) is 32.7. The highest BCUT2D eigenvalue weighted by Gasteiger charge is 2.69. The smallest absolute Gasteiger partial charge is 0.338 e. The number of hydrogen-bond donors (Lipinski definition) is 2. The van der Waals surface area contributed by atoms with E-state index in [1.807, 2.05) is 66.7 Å². The number of amides is 3. The Morgan fingerprint density at radius 3 is 2.37 bits per heavy atom. The van der Waals surface area contributed by atoms with Crippen molar-refractivity contribution < 1.29 is 28.7 Å². The minimum absolute atomic E-state index is 0.0203. The van der Waals surface area contributed by atoms with Gasteiger partial charge in [0.1, 0.15) is 5.75 Å². The van der Waals surface area contributed by atoms with Crippen LogP contribution in [0, 0.1) is 29.6 Å². The highest BCUT2D eigenvalue weighted by Crippen LogP contribution is 2.68. The molecule has 5 aromatic rings. The Morgan fingerprint density at radius 1 is 0.885 bits per heavy atom. The number of benzene rings is 4. The molecule has 3 heterocycles. The maximum Gasteiger partial charge on any atom is 0.338 e. The van der Waals surface area contributed by atoms with E-state index >= 15 is 0 Å². The number of imide groups is 1. The first-order chi connectivity index (χ1) is 25.3. The number of carbonyl (C=O) groups is 4. The number of ether oxygens (including phenoxy) is 2. The summed E-state index contributed by atoms with van der Waals surface area (Å²) in [6, 6.07) is 27.8. The van der Waals surface area contributed by atoms with Crippen LogP contribution in [0.2, 0.25) is 0 Å². The number of hydrogen-bond acceptors (Lipinski definition) is 9. The van der Waals surface area contributed by atoms with Gasteiger partial charge in [0.25, 0.3) is 5.91 Å². The molecule has 2 aliphatic heterocycles. The Hall–Kier alpha value is -5.20. The predicted molar refractivity (Wildman–Crippen MR) is 198 cm³/mol. The van der Waals surface area contributed by atoms with Crippen molar-refractivity contribution in [2.24, 2.45) is 29.6 Å². The number of aromatic amines is 1. The lowest BCUT2D eigenvalue weighted by Crippen LogP contribution is -2.42. The summed E-state index contributed by atoms with van der Waals surface area (Å²) in [6.07, 6.45) is 0.772. The maximum absolute atomic E-state index is 14.1. The Morgan fingerprint density at radius 2 is 1.62 bits per heavy atom. The van der Waals surface area contributed by atoms with Crippen LogP contribution < -0.4 is 19.8 Å².